The first-order chi connectivity index (χ1) is 8.43. The van der Waals surface area contributed by atoms with Crippen LogP contribution in [-0.4, -0.2) is 11.1 Å². The van der Waals surface area contributed by atoms with Crippen LogP contribution in [0.5, 0.6) is 0 Å². The highest BCUT2D eigenvalue weighted by atomic mass is 16.4. The van der Waals surface area contributed by atoms with Gasteiger partial charge in [-0.1, -0.05) is 20.8 Å². The Kier molecular flexibility index (Phi) is 2.76. The van der Waals surface area contributed by atoms with Crippen molar-refractivity contribution >= 4 is 5.97 Å². The zero-order valence-corrected chi connectivity index (χ0v) is 11.9. The summed E-state index contributed by atoms with van der Waals surface area (Å²) in [5, 5.41) is 9.34. The van der Waals surface area contributed by atoms with Crippen molar-refractivity contribution < 1.29 is 9.90 Å². The van der Waals surface area contributed by atoms with Gasteiger partial charge in [-0.3, -0.25) is 4.79 Å². The summed E-state index contributed by atoms with van der Waals surface area (Å²) in [5.41, 5.74) is 0.561. The normalized spacial score (nSPS) is 47.6. The molecule has 0 saturated heterocycles. The van der Waals surface area contributed by atoms with E-state index in [1.807, 2.05) is 6.92 Å². The van der Waals surface area contributed by atoms with E-state index in [4.69, 9.17) is 0 Å². The molecule has 4 aliphatic carbocycles. The first-order valence-electron chi connectivity index (χ1n) is 7.66. The van der Waals surface area contributed by atoms with Gasteiger partial charge >= 0.3 is 5.97 Å². The summed E-state index contributed by atoms with van der Waals surface area (Å²) in [6.45, 7) is 6.70. The summed E-state index contributed by atoms with van der Waals surface area (Å²) in [5.74, 6) is 2.82. The minimum Gasteiger partial charge on any atom is -0.481 e. The van der Waals surface area contributed by atoms with E-state index in [1.54, 1.807) is 0 Å². The summed E-state index contributed by atoms with van der Waals surface area (Å²) >= 11 is 0. The highest BCUT2D eigenvalue weighted by Crippen LogP contribution is 2.65. The van der Waals surface area contributed by atoms with Crippen LogP contribution in [0.2, 0.25) is 0 Å². The van der Waals surface area contributed by atoms with Crippen molar-refractivity contribution in [1.82, 2.24) is 0 Å². The molecule has 1 N–H and O–H groups in total. The van der Waals surface area contributed by atoms with Gasteiger partial charge in [0.1, 0.15) is 0 Å². The predicted octanol–water partition coefficient (Wildman–Crippen LogP) is 3.81. The quantitative estimate of drug-likeness (QED) is 0.827. The smallest absolute Gasteiger partial charge is 0.306 e. The number of aliphatic carboxylic acids is 1. The number of hydrogen-bond acceptors (Lipinski definition) is 1. The van der Waals surface area contributed by atoms with Gasteiger partial charge in [0.05, 0.1) is 5.92 Å². The topological polar surface area (TPSA) is 37.3 Å². The van der Waals surface area contributed by atoms with Crippen LogP contribution in [0.15, 0.2) is 0 Å². The third-order valence-electron chi connectivity index (χ3n) is 6.59. The fraction of sp³-hybridized carbons (Fsp3) is 0.938. The van der Waals surface area contributed by atoms with Crippen LogP contribution in [0.1, 0.15) is 52.9 Å². The first kappa shape index (κ1) is 12.5. The number of carbonyl (C=O) groups is 1. The van der Waals surface area contributed by atoms with E-state index < -0.39 is 5.97 Å². The van der Waals surface area contributed by atoms with Crippen molar-refractivity contribution in [2.45, 2.75) is 52.9 Å². The maximum atomic E-state index is 11.3. The minimum atomic E-state index is -0.578. The number of rotatable bonds is 3. The molecular formula is C16H26O2. The Balaban J connectivity index is 1.87. The molecule has 0 aromatic rings. The molecule has 2 heteroatoms. The fourth-order valence-corrected chi connectivity index (χ4v) is 5.81. The second-order valence-corrected chi connectivity index (χ2v) is 7.69. The van der Waals surface area contributed by atoms with E-state index in [0.717, 1.165) is 11.8 Å². The zero-order chi connectivity index (χ0) is 13.1. The molecule has 0 aromatic heterocycles. The van der Waals surface area contributed by atoms with Crippen LogP contribution in [-0.2, 0) is 4.79 Å². The van der Waals surface area contributed by atoms with E-state index in [9.17, 15) is 9.90 Å². The van der Waals surface area contributed by atoms with Gasteiger partial charge in [0, 0.05) is 0 Å². The van der Waals surface area contributed by atoms with Crippen LogP contribution in [0.3, 0.4) is 0 Å². The lowest BCUT2D eigenvalue weighted by molar-refractivity contribution is -0.160. The maximum Gasteiger partial charge on any atom is 0.306 e. The lowest BCUT2D eigenvalue weighted by atomic mass is 9.42. The molecule has 4 bridgehead atoms. The van der Waals surface area contributed by atoms with E-state index in [0.29, 0.717) is 23.2 Å². The molecular weight excluding hydrogens is 224 g/mol. The predicted molar refractivity (Wildman–Crippen MR) is 71.1 cm³/mol. The summed E-state index contributed by atoms with van der Waals surface area (Å²) in [4.78, 5) is 11.3. The molecule has 4 saturated carbocycles. The van der Waals surface area contributed by atoms with Crippen molar-refractivity contribution in [3.63, 3.8) is 0 Å². The molecule has 0 amide bonds. The number of carboxylic acids is 1. The molecule has 102 valence electrons. The maximum absolute atomic E-state index is 11.3. The molecule has 4 rings (SSSR count). The van der Waals surface area contributed by atoms with Crippen LogP contribution in [0.4, 0.5) is 0 Å². The van der Waals surface area contributed by atoms with Crippen LogP contribution in [0, 0.1) is 40.9 Å². The van der Waals surface area contributed by atoms with Gasteiger partial charge in [-0.15, -0.1) is 0 Å². The van der Waals surface area contributed by atoms with Crippen LogP contribution in [0.25, 0.3) is 0 Å². The van der Waals surface area contributed by atoms with Crippen LogP contribution < -0.4 is 0 Å². The average molecular weight is 250 g/mol. The molecule has 3 unspecified atom stereocenters. The molecule has 0 aliphatic heterocycles. The van der Waals surface area contributed by atoms with Crippen molar-refractivity contribution in [2.24, 2.45) is 40.9 Å². The second kappa shape index (κ2) is 3.98. The van der Waals surface area contributed by atoms with Crippen molar-refractivity contribution in [3.05, 3.63) is 0 Å². The Labute approximate surface area is 110 Å². The second-order valence-electron chi connectivity index (χ2n) is 7.69. The lowest BCUT2D eigenvalue weighted by Crippen LogP contribution is -2.55. The molecule has 0 heterocycles. The Bertz CT molecular complexity index is 344. The standard InChI is InChI=1S/C16H26O2/c1-9(2)16-6-11-4-12(7-16)14(10(3)15(17)18)13(5-11)8-16/h9-14H,4-8H2,1-3H3,(H,17,18). The monoisotopic (exact) mass is 250 g/mol. The summed E-state index contributed by atoms with van der Waals surface area (Å²) in [6.07, 6.45) is 6.66. The van der Waals surface area contributed by atoms with Gasteiger partial charge in [-0.05, 0) is 67.1 Å². The Morgan fingerprint density at radius 3 is 2.11 bits per heavy atom. The first-order valence-corrected chi connectivity index (χ1v) is 7.66. The molecule has 2 nitrogen and oxygen atoms in total. The van der Waals surface area contributed by atoms with E-state index in [1.165, 1.54) is 32.1 Å². The molecule has 18 heavy (non-hydrogen) atoms. The lowest BCUT2D eigenvalue weighted by Gasteiger charge is -2.62. The van der Waals surface area contributed by atoms with E-state index in [2.05, 4.69) is 13.8 Å². The van der Waals surface area contributed by atoms with Gasteiger partial charge < -0.3 is 5.11 Å². The van der Waals surface area contributed by atoms with Gasteiger partial charge in [-0.2, -0.15) is 0 Å². The summed E-state index contributed by atoms with van der Waals surface area (Å²) in [7, 11) is 0. The Morgan fingerprint density at radius 1 is 1.11 bits per heavy atom. The molecule has 4 fully saturated rings. The third kappa shape index (κ3) is 1.64. The summed E-state index contributed by atoms with van der Waals surface area (Å²) < 4.78 is 0. The van der Waals surface area contributed by atoms with E-state index in [-0.39, 0.29) is 5.92 Å². The Morgan fingerprint density at radius 2 is 1.67 bits per heavy atom. The molecule has 4 aliphatic rings. The summed E-state index contributed by atoms with van der Waals surface area (Å²) in [6, 6.07) is 0. The molecule has 0 radical (unpaired) electrons. The van der Waals surface area contributed by atoms with E-state index >= 15 is 0 Å². The van der Waals surface area contributed by atoms with Gasteiger partial charge in [-0.25, -0.2) is 0 Å². The van der Waals surface area contributed by atoms with Crippen molar-refractivity contribution in [1.29, 1.82) is 0 Å². The van der Waals surface area contributed by atoms with Gasteiger partial charge in [0.2, 0.25) is 0 Å². The minimum absolute atomic E-state index is 0.135. The third-order valence-corrected chi connectivity index (χ3v) is 6.59. The fourth-order valence-electron chi connectivity index (χ4n) is 5.81. The average Bonchev–Trinajstić information content (AvgIpc) is 2.26. The highest BCUT2D eigenvalue weighted by molar-refractivity contribution is 5.70. The van der Waals surface area contributed by atoms with Gasteiger partial charge in [0.25, 0.3) is 0 Å². The molecule has 3 atom stereocenters. The zero-order valence-electron chi connectivity index (χ0n) is 11.9. The molecule has 0 spiro atoms. The van der Waals surface area contributed by atoms with Crippen molar-refractivity contribution in [2.75, 3.05) is 0 Å². The molecule has 0 aromatic carbocycles. The van der Waals surface area contributed by atoms with Gasteiger partial charge in [0.15, 0.2) is 0 Å². The number of carboxylic acid groups (broad SMARTS) is 1. The Hall–Kier alpha value is -0.530. The largest absolute Gasteiger partial charge is 0.481 e. The number of hydrogen-bond donors (Lipinski definition) is 1. The van der Waals surface area contributed by atoms with Crippen LogP contribution >= 0.6 is 0 Å². The van der Waals surface area contributed by atoms with Crippen molar-refractivity contribution in [3.8, 4) is 0 Å². The SMILES string of the molecule is CC(C(=O)O)C1C2CC3CC1CC(C(C)C)(C3)C2. The highest BCUT2D eigenvalue weighted by Gasteiger charge is 2.57.